The minimum atomic E-state index is -4.27. The molecule has 0 saturated heterocycles. The molecule has 5 N–H and O–H groups in total. The molecular formula is C66H73N3O16S. The van der Waals surface area contributed by atoms with Gasteiger partial charge in [0.2, 0.25) is 0 Å². The van der Waals surface area contributed by atoms with E-state index in [0.717, 1.165) is 38.9 Å². The van der Waals surface area contributed by atoms with Crippen molar-refractivity contribution < 1.29 is 80.7 Å². The lowest BCUT2D eigenvalue weighted by molar-refractivity contribution is -0.409. The molecule has 7 aromatic rings. The highest BCUT2D eigenvalue weighted by atomic mass is 32.2. The lowest BCUT2D eigenvalue weighted by Gasteiger charge is -2.21. The smallest absolute Gasteiger partial charge is 0.365 e. The Labute approximate surface area is 501 Å². The number of nitrogens with one attached hydrogen (secondary N) is 2. The van der Waals surface area contributed by atoms with E-state index >= 15 is 0 Å². The Morgan fingerprint density at radius 1 is 0.395 bits per heavy atom. The monoisotopic (exact) mass is 1200 g/mol. The molecule has 0 spiro atoms. The maximum Gasteiger partial charge on any atom is 0.365 e. The average Bonchev–Trinajstić information content (AvgIpc) is 3.63. The number of carbonyl (C=O) groups excluding carboxylic acids is 7. The zero-order valence-corrected chi connectivity index (χ0v) is 47.8. The van der Waals surface area contributed by atoms with Gasteiger partial charge >= 0.3 is 41.8 Å². The number of hydrogen-bond acceptors (Lipinski definition) is 16. The molecule has 0 fully saturated rings. The normalized spacial score (nSPS) is 11.5. The van der Waals surface area contributed by atoms with Gasteiger partial charge in [-0.15, -0.1) is 0 Å². The first-order valence-electron chi connectivity index (χ1n) is 27.1. The molecule has 2 amide bonds. The molecule has 86 heavy (non-hydrogen) atoms. The highest BCUT2D eigenvalue weighted by molar-refractivity contribution is 7.85. The molecule has 0 radical (unpaired) electrons. The number of amides is 2. The third kappa shape index (κ3) is 28.2. The Kier molecular flexibility index (Phi) is 30.8. The third-order valence-electron chi connectivity index (χ3n) is 12.2. The number of urea groups is 1. The Bertz CT molecular complexity index is 3130. The van der Waals surface area contributed by atoms with E-state index < -0.39 is 64.1 Å². The largest absolute Gasteiger partial charge is 0.744 e. The number of aryl methyl sites for hydroxylation is 1. The van der Waals surface area contributed by atoms with E-state index in [4.69, 9.17) is 28.4 Å². The number of benzene rings is 7. The quantitative estimate of drug-likeness (QED) is 0.0246. The van der Waals surface area contributed by atoms with Gasteiger partial charge in [-0.05, 0) is 65.3 Å². The lowest BCUT2D eigenvalue weighted by atomic mass is 10.1. The van der Waals surface area contributed by atoms with Crippen LogP contribution in [0.5, 0.6) is 0 Å². The van der Waals surface area contributed by atoms with Crippen LogP contribution in [-0.4, -0.2) is 72.9 Å². The molecule has 0 aromatic heterocycles. The minimum absolute atomic E-state index is 0. The zero-order chi connectivity index (χ0) is 61.1. The Morgan fingerprint density at radius 2 is 0.651 bits per heavy atom. The van der Waals surface area contributed by atoms with Crippen LogP contribution in [0.1, 0.15) is 84.9 Å². The molecule has 0 aliphatic carbocycles. The molecule has 7 rings (SSSR count). The van der Waals surface area contributed by atoms with Gasteiger partial charge < -0.3 is 49.3 Å². The highest BCUT2D eigenvalue weighted by Crippen LogP contribution is 2.13. The fourth-order valence-electron chi connectivity index (χ4n) is 7.43. The van der Waals surface area contributed by atoms with Gasteiger partial charge in [0.15, 0.2) is 6.04 Å². The van der Waals surface area contributed by atoms with E-state index in [9.17, 15) is 46.5 Å². The van der Waals surface area contributed by atoms with Crippen molar-refractivity contribution >= 4 is 52.0 Å². The summed E-state index contributed by atoms with van der Waals surface area (Å²) in [6, 6.07) is 56.8. The summed E-state index contributed by atoms with van der Waals surface area (Å²) in [6.45, 7) is 2.26. The zero-order valence-electron chi connectivity index (χ0n) is 47.0. The van der Waals surface area contributed by atoms with Crippen molar-refractivity contribution in [2.75, 3.05) is 0 Å². The van der Waals surface area contributed by atoms with Crippen LogP contribution < -0.4 is 16.4 Å². The fourth-order valence-corrected chi connectivity index (χ4v) is 7.90. The summed E-state index contributed by atoms with van der Waals surface area (Å²) >= 11 is 0. The van der Waals surface area contributed by atoms with Crippen LogP contribution in [0, 0.1) is 6.92 Å². The first kappa shape index (κ1) is 69.0. The summed E-state index contributed by atoms with van der Waals surface area (Å²) in [5.74, 6) is -3.47. The maximum absolute atomic E-state index is 13.3. The van der Waals surface area contributed by atoms with Gasteiger partial charge in [0, 0.05) is 19.3 Å². The molecular weight excluding hydrogens is 1120 g/mol. The molecule has 0 saturated carbocycles. The van der Waals surface area contributed by atoms with Crippen LogP contribution in [0.2, 0.25) is 0 Å². The number of quaternary nitrogens is 1. The molecule has 0 aliphatic rings. The Balaban J connectivity index is 0.000000360. The van der Waals surface area contributed by atoms with E-state index in [1.807, 2.05) is 140 Å². The van der Waals surface area contributed by atoms with E-state index in [1.54, 1.807) is 60.7 Å². The summed E-state index contributed by atoms with van der Waals surface area (Å²) in [4.78, 5) is 88.1. The summed E-state index contributed by atoms with van der Waals surface area (Å²) in [6.07, 6.45) is -0.224. The number of carbonyl (C=O) groups is 7. The van der Waals surface area contributed by atoms with Gasteiger partial charge in [0.25, 0.3) is 0 Å². The molecule has 0 heterocycles. The van der Waals surface area contributed by atoms with E-state index in [-0.39, 0.29) is 90.0 Å². The van der Waals surface area contributed by atoms with Gasteiger partial charge in [-0.25, -0.2) is 27.6 Å². The van der Waals surface area contributed by atoms with Crippen LogP contribution in [-0.2, 0) is 107 Å². The predicted molar refractivity (Wildman–Crippen MR) is 317 cm³/mol. The van der Waals surface area contributed by atoms with Crippen LogP contribution in [0.25, 0.3) is 0 Å². The standard InChI is InChI=1S/C39H40N2O9.C19H21NO4.C7H8O3S.CH4/c42-35(47-25-29-13-5-1-6-14-29)23-21-33(37(44)49-27-31-17-9-3-10-18-31)40-39(46)41-34(38(45)50-28-32-19-11-4-12-20-32)22-24-36(43)48-26-30-15-7-2-8-16-30;20-17(19(22)24-14-16-9-5-2-6-10-16)11-12-18(21)23-13-15-7-3-1-4-8-15;1-6-2-4-7(5-3-6)11(8,9)10;/h1-20,33-34H,21-28H2,(H2,40,41,46);1-10,17H,11-14,20H2;2-5H,1H3,(H,8,9,10);1H4/t33-,34-;17-;;/m11../s1. The minimum Gasteiger partial charge on any atom is -0.744 e. The molecule has 454 valence electrons. The number of hydrogen-bond donors (Lipinski definition) is 3. The molecule has 0 bridgehead atoms. The molecule has 0 unspecified atom stereocenters. The van der Waals surface area contributed by atoms with E-state index in [2.05, 4.69) is 16.4 Å². The third-order valence-corrected chi connectivity index (χ3v) is 13.0. The van der Waals surface area contributed by atoms with Gasteiger partial charge in [-0.3, -0.25) is 14.4 Å². The molecule has 0 aliphatic heterocycles. The van der Waals surface area contributed by atoms with Gasteiger partial charge in [0.05, 0.1) is 11.3 Å². The van der Waals surface area contributed by atoms with Crippen molar-refractivity contribution in [1.29, 1.82) is 0 Å². The summed E-state index contributed by atoms with van der Waals surface area (Å²) in [7, 11) is -4.27. The molecule has 3 atom stereocenters. The van der Waals surface area contributed by atoms with Crippen molar-refractivity contribution in [2.45, 2.75) is 116 Å². The predicted octanol–water partition coefficient (Wildman–Crippen LogP) is 8.96. The molecule has 19 nitrogen and oxygen atoms in total. The SMILES string of the molecule is C.Cc1ccc(S(=O)(=O)[O-])cc1.O=C(N[C@H](CCC(=O)OCc1ccccc1)C(=O)OCc1ccccc1)N[C@H](CCC(=O)OCc1ccccc1)C(=O)OCc1ccccc1.[NH3+][C@H](CCC(=O)OCc1ccccc1)C(=O)OCc1ccccc1. The van der Waals surface area contributed by atoms with E-state index in [0.29, 0.717) is 6.42 Å². The first-order chi connectivity index (χ1) is 41.0. The van der Waals surface area contributed by atoms with Crippen molar-refractivity contribution in [3.05, 3.63) is 245 Å². The summed E-state index contributed by atoms with van der Waals surface area (Å²) in [5, 5.41) is 5.04. The number of rotatable bonds is 27. The van der Waals surface area contributed by atoms with Gasteiger partial charge in [-0.1, -0.05) is 207 Å². The Hall–Kier alpha value is -9.50. The second kappa shape index (κ2) is 38.4. The van der Waals surface area contributed by atoms with Crippen molar-refractivity contribution in [1.82, 2.24) is 10.6 Å². The highest BCUT2D eigenvalue weighted by Gasteiger charge is 2.29. The summed E-state index contributed by atoms with van der Waals surface area (Å²) < 4.78 is 63.1. The van der Waals surface area contributed by atoms with Crippen molar-refractivity contribution in [3.63, 3.8) is 0 Å². The summed E-state index contributed by atoms with van der Waals surface area (Å²) in [5.41, 5.74) is 9.59. The second-order valence-corrected chi connectivity index (χ2v) is 20.4. The van der Waals surface area contributed by atoms with Gasteiger partial charge in [0.1, 0.15) is 61.8 Å². The number of esters is 6. The Morgan fingerprint density at radius 3 is 0.930 bits per heavy atom. The number of ether oxygens (including phenoxy) is 6. The van der Waals surface area contributed by atoms with E-state index in [1.165, 1.54) is 12.1 Å². The second-order valence-electron chi connectivity index (χ2n) is 19.0. The van der Waals surface area contributed by atoms with Crippen molar-refractivity contribution in [2.24, 2.45) is 0 Å². The maximum atomic E-state index is 13.3. The average molecular weight is 1200 g/mol. The first-order valence-corrected chi connectivity index (χ1v) is 28.5. The van der Waals surface area contributed by atoms with Gasteiger partial charge in [-0.2, -0.15) is 0 Å². The fraction of sp³-hybridized carbons (Fsp3) is 0.258. The van der Waals surface area contributed by atoms with Crippen LogP contribution in [0.3, 0.4) is 0 Å². The molecule has 20 heteroatoms. The topological polar surface area (TPSA) is 284 Å². The van der Waals surface area contributed by atoms with Crippen LogP contribution >= 0.6 is 0 Å². The lowest BCUT2D eigenvalue weighted by Crippen LogP contribution is -2.65. The van der Waals surface area contributed by atoms with Crippen LogP contribution in [0.15, 0.2) is 211 Å². The van der Waals surface area contributed by atoms with Crippen molar-refractivity contribution in [3.8, 4) is 0 Å². The molecule has 7 aromatic carbocycles. The van der Waals surface area contributed by atoms with Crippen LogP contribution in [0.4, 0.5) is 4.79 Å².